The summed E-state index contributed by atoms with van der Waals surface area (Å²) in [6.07, 6.45) is 3.75. The van der Waals surface area contributed by atoms with Crippen LogP contribution in [0.1, 0.15) is 75.6 Å². The van der Waals surface area contributed by atoms with Gasteiger partial charge in [-0.2, -0.15) is 0 Å². The molecular formula is C17H27N. The maximum atomic E-state index is 3.48. The molecule has 0 amide bonds. The predicted molar refractivity (Wildman–Crippen MR) is 79.2 cm³/mol. The lowest BCUT2D eigenvalue weighted by atomic mass is 9.76. The SMILES string of the molecule is CCC(C)(C)c1ccc2c(c1)C(NC)CCC2C. The van der Waals surface area contributed by atoms with E-state index in [-0.39, 0.29) is 5.41 Å². The Morgan fingerprint density at radius 2 is 1.94 bits per heavy atom. The van der Waals surface area contributed by atoms with E-state index in [1.165, 1.54) is 30.4 Å². The summed E-state index contributed by atoms with van der Waals surface area (Å²) in [6, 6.07) is 7.71. The summed E-state index contributed by atoms with van der Waals surface area (Å²) in [5.74, 6) is 0.711. The smallest absolute Gasteiger partial charge is 0.0320 e. The fourth-order valence-electron chi connectivity index (χ4n) is 2.98. The van der Waals surface area contributed by atoms with Crippen LogP contribution in [0, 0.1) is 0 Å². The largest absolute Gasteiger partial charge is 0.313 e. The molecular weight excluding hydrogens is 218 g/mol. The molecule has 1 aliphatic rings. The van der Waals surface area contributed by atoms with Crippen LogP contribution in [0.5, 0.6) is 0 Å². The molecule has 2 atom stereocenters. The van der Waals surface area contributed by atoms with Gasteiger partial charge in [-0.3, -0.25) is 0 Å². The summed E-state index contributed by atoms with van der Waals surface area (Å²) in [4.78, 5) is 0. The molecule has 2 rings (SSSR count). The fourth-order valence-corrected chi connectivity index (χ4v) is 2.98. The molecule has 0 saturated heterocycles. The molecule has 1 N–H and O–H groups in total. The van der Waals surface area contributed by atoms with Crippen molar-refractivity contribution in [2.45, 2.75) is 64.3 Å². The molecule has 1 aliphatic carbocycles. The topological polar surface area (TPSA) is 12.0 Å². The Labute approximate surface area is 112 Å². The molecule has 2 unspecified atom stereocenters. The van der Waals surface area contributed by atoms with Crippen molar-refractivity contribution in [3.63, 3.8) is 0 Å². The summed E-state index contributed by atoms with van der Waals surface area (Å²) in [6.45, 7) is 9.32. The number of hydrogen-bond donors (Lipinski definition) is 1. The zero-order chi connectivity index (χ0) is 13.3. The van der Waals surface area contributed by atoms with Gasteiger partial charge in [-0.15, -0.1) is 0 Å². The van der Waals surface area contributed by atoms with Crippen LogP contribution >= 0.6 is 0 Å². The van der Waals surface area contributed by atoms with Gasteiger partial charge in [-0.25, -0.2) is 0 Å². The van der Waals surface area contributed by atoms with Crippen LogP contribution in [0.3, 0.4) is 0 Å². The highest BCUT2D eigenvalue weighted by atomic mass is 14.9. The number of nitrogens with one attached hydrogen (secondary N) is 1. The van der Waals surface area contributed by atoms with Crippen LogP contribution in [-0.2, 0) is 5.41 Å². The third-order valence-electron chi connectivity index (χ3n) is 4.90. The number of benzene rings is 1. The van der Waals surface area contributed by atoms with E-state index in [4.69, 9.17) is 0 Å². The van der Waals surface area contributed by atoms with Gasteiger partial charge in [0.25, 0.3) is 0 Å². The second-order valence-electron chi connectivity index (χ2n) is 6.40. The first kappa shape index (κ1) is 13.6. The lowest BCUT2D eigenvalue weighted by Crippen LogP contribution is -2.24. The molecule has 0 aromatic heterocycles. The van der Waals surface area contributed by atoms with E-state index in [1.807, 2.05) is 0 Å². The van der Waals surface area contributed by atoms with Crippen molar-refractivity contribution in [1.29, 1.82) is 0 Å². The van der Waals surface area contributed by atoms with Crippen molar-refractivity contribution in [2.24, 2.45) is 0 Å². The quantitative estimate of drug-likeness (QED) is 0.825. The lowest BCUT2D eigenvalue weighted by Gasteiger charge is -2.32. The minimum Gasteiger partial charge on any atom is -0.313 e. The van der Waals surface area contributed by atoms with Crippen molar-refractivity contribution in [2.75, 3.05) is 7.05 Å². The van der Waals surface area contributed by atoms with Crippen LogP contribution in [-0.4, -0.2) is 7.05 Å². The van der Waals surface area contributed by atoms with Gasteiger partial charge in [-0.05, 0) is 54.3 Å². The van der Waals surface area contributed by atoms with Gasteiger partial charge in [0.2, 0.25) is 0 Å². The summed E-state index contributed by atoms with van der Waals surface area (Å²) in [5, 5.41) is 3.48. The Hall–Kier alpha value is -0.820. The summed E-state index contributed by atoms with van der Waals surface area (Å²) in [5.41, 5.74) is 4.86. The fraction of sp³-hybridized carbons (Fsp3) is 0.647. The van der Waals surface area contributed by atoms with Gasteiger partial charge < -0.3 is 5.32 Å². The molecule has 1 heteroatoms. The molecule has 0 fully saturated rings. The third kappa shape index (κ3) is 2.33. The minimum absolute atomic E-state index is 0.286. The summed E-state index contributed by atoms with van der Waals surface area (Å²) >= 11 is 0. The molecule has 0 radical (unpaired) electrons. The van der Waals surface area contributed by atoms with Crippen LogP contribution in [0.15, 0.2) is 18.2 Å². The van der Waals surface area contributed by atoms with Crippen LogP contribution in [0.25, 0.3) is 0 Å². The molecule has 0 saturated carbocycles. The monoisotopic (exact) mass is 245 g/mol. The zero-order valence-corrected chi connectivity index (χ0v) is 12.5. The first-order valence-corrected chi connectivity index (χ1v) is 7.31. The van der Waals surface area contributed by atoms with E-state index in [1.54, 1.807) is 5.56 Å². The van der Waals surface area contributed by atoms with Crippen molar-refractivity contribution in [3.05, 3.63) is 34.9 Å². The second-order valence-corrected chi connectivity index (χ2v) is 6.40. The lowest BCUT2D eigenvalue weighted by molar-refractivity contribution is 0.454. The van der Waals surface area contributed by atoms with E-state index >= 15 is 0 Å². The molecule has 0 spiro atoms. The molecule has 0 heterocycles. The third-order valence-corrected chi connectivity index (χ3v) is 4.90. The molecule has 1 aromatic carbocycles. The normalized spacial score (nSPS) is 23.8. The standard InChI is InChI=1S/C17H27N/c1-6-17(3,4)13-8-9-14-12(2)7-10-16(18-5)15(14)11-13/h8-9,11-12,16,18H,6-7,10H2,1-5H3. The minimum atomic E-state index is 0.286. The van der Waals surface area contributed by atoms with E-state index in [0.29, 0.717) is 12.0 Å². The van der Waals surface area contributed by atoms with E-state index in [0.717, 1.165) is 0 Å². The molecule has 0 aliphatic heterocycles. The molecule has 100 valence electrons. The maximum Gasteiger partial charge on any atom is 0.0320 e. The van der Waals surface area contributed by atoms with Gasteiger partial charge in [0.15, 0.2) is 0 Å². The van der Waals surface area contributed by atoms with Crippen LogP contribution in [0.2, 0.25) is 0 Å². The maximum absolute atomic E-state index is 3.48. The first-order chi connectivity index (χ1) is 8.49. The molecule has 1 aromatic rings. The Morgan fingerprint density at radius 3 is 2.56 bits per heavy atom. The van der Waals surface area contributed by atoms with Crippen LogP contribution in [0.4, 0.5) is 0 Å². The second kappa shape index (κ2) is 5.05. The molecule has 1 nitrogen and oxygen atoms in total. The van der Waals surface area contributed by atoms with Gasteiger partial charge in [-0.1, -0.05) is 45.9 Å². The molecule has 0 bridgehead atoms. The number of hydrogen-bond acceptors (Lipinski definition) is 1. The van der Waals surface area contributed by atoms with Gasteiger partial charge >= 0.3 is 0 Å². The van der Waals surface area contributed by atoms with Gasteiger partial charge in [0.1, 0.15) is 0 Å². The summed E-state index contributed by atoms with van der Waals surface area (Å²) in [7, 11) is 2.09. The van der Waals surface area contributed by atoms with Crippen molar-refractivity contribution >= 4 is 0 Å². The van der Waals surface area contributed by atoms with Crippen molar-refractivity contribution < 1.29 is 0 Å². The number of rotatable bonds is 3. The highest BCUT2D eigenvalue weighted by Gasteiger charge is 2.26. The van der Waals surface area contributed by atoms with Gasteiger partial charge in [0.05, 0.1) is 0 Å². The Morgan fingerprint density at radius 1 is 1.22 bits per heavy atom. The number of fused-ring (bicyclic) bond motifs is 1. The summed E-state index contributed by atoms with van der Waals surface area (Å²) < 4.78 is 0. The average molecular weight is 245 g/mol. The predicted octanol–water partition coefficient (Wildman–Crippen LogP) is 4.53. The Balaban J connectivity index is 2.46. The zero-order valence-electron chi connectivity index (χ0n) is 12.5. The highest BCUT2D eigenvalue weighted by Crippen LogP contribution is 2.39. The first-order valence-electron chi connectivity index (χ1n) is 7.31. The highest BCUT2D eigenvalue weighted by molar-refractivity contribution is 5.40. The Bertz CT molecular complexity index is 420. The van der Waals surface area contributed by atoms with E-state index in [2.05, 4.69) is 58.3 Å². The van der Waals surface area contributed by atoms with Gasteiger partial charge in [0, 0.05) is 6.04 Å². The van der Waals surface area contributed by atoms with E-state index in [9.17, 15) is 0 Å². The van der Waals surface area contributed by atoms with Crippen LogP contribution < -0.4 is 5.32 Å². The average Bonchev–Trinajstić information content (AvgIpc) is 2.39. The Kier molecular flexibility index (Phi) is 3.82. The van der Waals surface area contributed by atoms with E-state index < -0.39 is 0 Å². The van der Waals surface area contributed by atoms with Crippen molar-refractivity contribution in [3.8, 4) is 0 Å². The van der Waals surface area contributed by atoms with Crippen molar-refractivity contribution in [1.82, 2.24) is 5.32 Å². The molecule has 18 heavy (non-hydrogen) atoms.